The molecule has 3 aromatic carbocycles. The van der Waals surface area contributed by atoms with Crippen molar-refractivity contribution in [2.45, 2.75) is 11.3 Å². The third-order valence-corrected chi connectivity index (χ3v) is 7.27. The number of rotatable bonds is 3. The summed E-state index contributed by atoms with van der Waals surface area (Å²) in [5.74, 6) is -5.26. The van der Waals surface area contributed by atoms with Crippen molar-refractivity contribution in [3.05, 3.63) is 105 Å². The molecular formula is C25H16N2O6. The maximum absolute atomic E-state index is 13.9. The second-order valence-corrected chi connectivity index (χ2v) is 8.53. The molecule has 1 aliphatic heterocycles. The van der Waals surface area contributed by atoms with Gasteiger partial charge in [0, 0.05) is 12.0 Å². The summed E-state index contributed by atoms with van der Waals surface area (Å²) in [6.07, 6.45) is 0. The van der Waals surface area contributed by atoms with E-state index in [9.17, 15) is 29.6 Å². The minimum absolute atomic E-state index is 0.139. The minimum atomic E-state index is -1.77. The van der Waals surface area contributed by atoms with Crippen molar-refractivity contribution in [2.75, 3.05) is 4.90 Å². The number of carbonyl (C=O) groups excluding carboxylic acids is 2. The molecule has 0 saturated carbocycles. The number of benzene rings is 3. The van der Waals surface area contributed by atoms with Gasteiger partial charge in [-0.25, -0.2) is 4.90 Å². The number of nitrogens with zero attached hydrogens (tertiary/aromatic N) is 2. The van der Waals surface area contributed by atoms with Gasteiger partial charge < -0.3 is 5.11 Å². The summed E-state index contributed by atoms with van der Waals surface area (Å²) in [4.78, 5) is 52.6. The lowest BCUT2D eigenvalue weighted by atomic mass is 9.47. The van der Waals surface area contributed by atoms with E-state index in [4.69, 9.17) is 0 Å². The van der Waals surface area contributed by atoms with Crippen LogP contribution in [0.25, 0.3) is 0 Å². The Morgan fingerprint density at radius 2 is 1.42 bits per heavy atom. The van der Waals surface area contributed by atoms with E-state index in [0.717, 1.165) is 4.90 Å². The Hall–Kier alpha value is -4.33. The first-order valence-corrected chi connectivity index (χ1v) is 10.4. The van der Waals surface area contributed by atoms with E-state index < -0.39 is 45.9 Å². The monoisotopic (exact) mass is 440 g/mol. The number of aliphatic carboxylic acids is 1. The van der Waals surface area contributed by atoms with Crippen molar-refractivity contribution >= 4 is 29.2 Å². The van der Waals surface area contributed by atoms with E-state index in [0.29, 0.717) is 22.3 Å². The fourth-order valence-electron chi connectivity index (χ4n) is 6.18. The van der Waals surface area contributed by atoms with Crippen molar-refractivity contribution in [1.29, 1.82) is 0 Å². The normalized spacial score (nSPS) is 26.5. The van der Waals surface area contributed by atoms with E-state index in [2.05, 4.69) is 0 Å². The second kappa shape index (κ2) is 6.35. The summed E-state index contributed by atoms with van der Waals surface area (Å²) in [6.45, 7) is 0. The summed E-state index contributed by atoms with van der Waals surface area (Å²) in [5, 5.41) is 22.3. The largest absolute Gasteiger partial charge is 0.480 e. The Labute approximate surface area is 187 Å². The van der Waals surface area contributed by atoms with Gasteiger partial charge in [-0.3, -0.25) is 24.5 Å². The second-order valence-electron chi connectivity index (χ2n) is 8.53. The first kappa shape index (κ1) is 19.4. The van der Waals surface area contributed by atoms with Gasteiger partial charge in [-0.15, -0.1) is 0 Å². The third-order valence-electron chi connectivity index (χ3n) is 7.27. The highest BCUT2D eigenvalue weighted by Gasteiger charge is 2.71. The van der Waals surface area contributed by atoms with Crippen LogP contribution >= 0.6 is 0 Å². The molecule has 1 heterocycles. The predicted octanol–water partition coefficient (Wildman–Crippen LogP) is 3.23. The number of amides is 2. The van der Waals surface area contributed by atoms with Crippen molar-refractivity contribution in [1.82, 2.24) is 0 Å². The van der Waals surface area contributed by atoms with Crippen LogP contribution in [0.1, 0.15) is 28.2 Å². The summed E-state index contributed by atoms with van der Waals surface area (Å²) in [6, 6.07) is 19.6. The summed E-state index contributed by atoms with van der Waals surface area (Å²) < 4.78 is 0. The molecule has 2 atom stereocenters. The Morgan fingerprint density at radius 1 is 0.879 bits per heavy atom. The molecular weight excluding hydrogens is 424 g/mol. The van der Waals surface area contributed by atoms with Crippen LogP contribution in [0.5, 0.6) is 0 Å². The summed E-state index contributed by atoms with van der Waals surface area (Å²) >= 11 is 0. The number of anilines is 1. The highest BCUT2D eigenvalue weighted by Crippen LogP contribution is 2.64. The topological polar surface area (TPSA) is 118 Å². The fourth-order valence-corrected chi connectivity index (χ4v) is 6.18. The van der Waals surface area contributed by atoms with Crippen molar-refractivity contribution in [3.8, 4) is 0 Å². The minimum Gasteiger partial charge on any atom is -0.480 e. The first-order valence-electron chi connectivity index (χ1n) is 10.4. The summed E-state index contributed by atoms with van der Waals surface area (Å²) in [5.41, 5.74) is 0.0962. The fraction of sp³-hybridized carbons (Fsp3) is 0.160. The number of carboxylic acid groups (broad SMARTS) is 1. The van der Waals surface area contributed by atoms with Gasteiger partial charge in [0.25, 0.3) is 5.69 Å². The van der Waals surface area contributed by atoms with Gasteiger partial charge in [-0.2, -0.15) is 0 Å². The Balaban J connectivity index is 1.67. The Kier molecular flexibility index (Phi) is 3.73. The number of para-hydroxylation sites is 2. The molecule has 2 unspecified atom stereocenters. The number of carbonyl (C=O) groups is 3. The van der Waals surface area contributed by atoms with E-state index in [1.54, 1.807) is 48.5 Å². The standard InChI is InChI=1S/C25H16N2O6/c28-22-20-19-13-7-1-3-9-15(13)25(24(30)31,16-10-4-2-8-14(16)19)21(20)23(29)26(22)17-11-5-6-12-18(17)27(32)33/h1-12,19-21H,(H,30,31). The lowest BCUT2D eigenvalue weighted by Gasteiger charge is -2.51. The zero-order valence-corrected chi connectivity index (χ0v) is 17.0. The first-order chi connectivity index (χ1) is 15.9. The zero-order valence-electron chi connectivity index (χ0n) is 17.0. The molecule has 1 saturated heterocycles. The van der Waals surface area contributed by atoms with Crippen molar-refractivity contribution in [2.24, 2.45) is 11.8 Å². The highest BCUT2D eigenvalue weighted by atomic mass is 16.6. The molecule has 7 rings (SSSR count). The number of imide groups is 1. The quantitative estimate of drug-likeness (QED) is 0.380. The van der Waals surface area contributed by atoms with Crippen molar-refractivity contribution in [3.63, 3.8) is 0 Å². The van der Waals surface area contributed by atoms with Crippen LogP contribution in [-0.4, -0.2) is 27.8 Å². The van der Waals surface area contributed by atoms with Gasteiger partial charge in [-0.1, -0.05) is 60.7 Å². The van der Waals surface area contributed by atoms with Gasteiger partial charge >= 0.3 is 5.97 Å². The molecule has 0 radical (unpaired) electrons. The molecule has 2 bridgehead atoms. The lowest BCUT2D eigenvalue weighted by molar-refractivity contribution is -0.384. The van der Waals surface area contributed by atoms with E-state index >= 15 is 0 Å². The molecule has 2 amide bonds. The van der Waals surface area contributed by atoms with Crippen LogP contribution in [0.15, 0.2) is 72.8 Å². The van der Waals surface area contributed by atoms with Crippen LogP contribution in [0, 0.1) is 22.0 Å². The molecule has 0 spiro atoms. The van der Waals surface area contributed by atoms with E-state index in [1.807, 2.05) is 0 Å². The van der Waals surface area contributed by atoms with Gasteiger partial charge in [0.15, 0.2) is 0 Å². The number of carboxylic acids is 1. The van der Waals surface area contributed by atoms with Gasteiger partial charge in [0.2, 0.25) is 11.8 Å². The molecule has 8 nitrogen and oxygen atoms in total. The Bertz CT molecular complexity index is 1370. The molecule has 33 heavy (non-hydrogen) atoms. The molecule has 4 aliphatic rings. The van der Waals surface area contributed by atoms with Crippen LogP contribution in [0.3, 0.4) is 0 Å². The van der Waals surface area contributed by atoms with Gasteiger partial charge in [0.05, 0.1) is 16.8 Å². The smallest absolute Gasteiger partial charge is 0.319 e. The average Bonchev–Trinajstić information content (AvgIpc) is 3.09. The van der Waals surface area contributed by atoms with Gasteiger partial charge in [-0.05, 0) is 28.3 Å². The zero-order chi connectivity index (χ0) is 23.1. The summed E-state index contributed by atoms with van der Waals surface area (Å²) in [7, 11) is 0. The van der Waals surface area contributed by atoms with Crippen LogP contribution < -0.4 is 4.90 Å². The lowest BCUT2D eigenvalue weighted by Crippen LogP contribution is -2.57. The Morgan fingerprint density at radius 3 is 2.00 bits per heavy atom. The molecule has 3 aliphatic carbocycles. The molecule has 1 fully saturated rings. The molecule has 8 heteroatoms. The maximum atomic E-state index is 13.9. The number of hydrogen-bond acceptors (Lipinski definition) is 5. The van der Waals surface area contributed by atoms with Crippen LogP contribution in [0.4, 0.5) is 11.4 Å². The number of nitro groups is 1. The van der Waals surface area contributed by atoms with Crippen LogP contribution in [-0.2, 0) is 19.8 Å². The predicted molar refractivity (Wildman–Crippen MR) is 116 cm³/mol. The van der Waals surface area contributed by atoms with Crippen molar-refractivity contribution < 1.29 is 24.4 Å². The maximum Gasteiger partial charge on any atom is 0.319 e. The molecule has 1 N–H and O–H groups in total. The average molecular weight is 440 g/mol. The molecule has 3 aromatic rings. The number of hydrogen-bond donors (Lipinski definition) is 1. The van der Waals surface area contributed by atoms with E-state index in [1.165, 1.54) is 24.3 Å². The van der Waals surface area contributed by atoms with Gasteiger partial charge in [0.1, 0.15) is 11.1 Å². The highest BCUT2D eigenvalue weighted by molar-refractivity contribution is 6.26. The van der Waals surface area contributed by atoms with Crippen LogP contribution in [0.2, 0.25) is 0 Å². The molecule has 162 valence electrons. The number of nitro benzene ring substituents is 1. The SMILES string of the molecule is O=C1C2C3c4ccccc4C(C(=O)O)(c4ccccc43)C2C(=O)N1c1ccccc1[N+](=O)[O-]. The van der Waals surface area contributed by atoms with E-state index in [-0.39, 0.29) is 11.4 Å². The third kappa shape index (κ3) is 2.12. The molecule has 0 aromatic heterocycles.